The summed E-state index contributed by atoms with van der Waals surface area (Å²) in [6.07, 6.45) is 3.07. The third-order valence-electron chi connectivity index (χ3n) is 3.58. The molecule has 0 bridgehead atoms. The maximum atomic E-state index is 12.5. The molecule has 0 aromatic carbocycles. The zero-order valence-electron chi connectivity index (χ0n) is 11.6. The van der Waals surface area contributed by atoms with Gasteiger partial charge in [0.1, 0.15) is 5.82 Å². The lowest BCUT2D eigenvalue weighted by Gasteiger charge is -2.31. The largest absolute Gasteiger partial charge is 0.338 e. The first-order valence-electron chi connectivity index (χ1n) is 6.91. The Morgan fingerprint density at radius 1 is 1.58 bits per heavy atom. The van der Waals surface area contributed by atoms with E-state index in [2.05, 4.69) is 17.3 Å². The van der Waals surface area contributed by atoms with Crippen LogP contribution in [0, 0.1) is 5.92 Å². The summed E-state index contributed by atoms with van der Waals surface area (Å²) in [6, 6.07) is 3.59. The molecule has 1 fully saturated rings. The van der Waals surface area contributed by atoms with E-state index in [0.29, 0.717) is 17.3 Å². The van der Waals surface area contributed by atoms with Crippen LogP contribution in [0.15, 0.2) is 12.1 Å². The molecule has 1 aliphatic heterocycles. The van der Waals surface area contributed by atoms with E-state index >= 15 is 0 Å². The molecule has 5 nitrogen and oxygen atoms in total. The minimum atomic E-state index is 0.0835. The number of pyridine rings is 1. The average molecular weight is 262 g/mol. The average Bonchev–Trinajstić information content (AvgIpc) is 2.45. The lowest BCUT2D eigenvalue weighted by atomic mass is 9.99. The molecule has 5 heteroatoms. The summed E-state index contributed by atoms with van der Waals surface area (Å²) >= 11 is 0. The number of carbonyl (C=O) groups is 1. The molecular formula is C14H22N4O. The van der Waals surface area contributed by atoms with Crippen molar-refractivity contribution in [2.45, 2.75) is 33.1 Å². The molecule has 1 aromatic heterocycles. The predicted octanol–water partition coefficient (Wildman–Crippen LogP) is 1.80. The van der Waals surface area contributed by atoms with E-state index in [1.165, 1.54) is 6.42 Å². The number of aryl methyl sites for hydroxylation is 1. The molecule has 1 aromatic rings. The van der Waals surface area contributed by atoms with Crippen LogP contribution >= 0.6 is 0 Å². The zero-order chi connectivity index (χ0) is 13.8. The molecule has 19 heavy (non-hydrogen) atoms. The fourth-order valence-electron chi connectivity index (χ4n) is 2.52. The normalized spacial score (nSPS) is 19.3. The monoisotopic (exact) mass is 262 g/mol. The summed E-state index contributed by atoms with van der Waals surface area (Å²) in [5.74, 6) is 6.62. The molecule has 2 rings (SSSR count). The minimum Gasteiger partial charge on any atom is -0.338 e. The SMILES string of the molecule is CCc1cc(C(=O)N2CCCC(C)C2)cc(NN)n1. The smallest absolute Gasteiger partial charge is 0.254 e. The molecule has 1 unspecified atom stereocenters. The van der Waals surface area contributed by atoms with E-state index in [-0.39, 0.29) is 5.91 Å². The quantitative estimate of drug-likeness (QED) is 0.643. The van der Waals surface area contributed by atoms with Crippen molar-refractivity contribution in [3.63, 3.8) is 0 Å². The number of hydrogen-bond acceptors (Lipinski definition) is 4. The number of nitrogens with zero attached hydrogens (tertiary/aromatic N) is 2. The summed E-state index contributed by atoms with van der Waals surface area (Å²) in [4.78, 5) is 18.8. The fraction of sp³-hybridized carbons (Fsp3) is 0.571. The van der Waals surface area contributed by atoms with E-state index in [1.807, 2.05) is 17.9 Å². The van der Waals surface area contributed by atoms with E-state index in [1.54, 1.807) is 6.07 Å². The Bertz CT molecular complexity index is 439. The standard InChI is InChI=1S/C14H22N4O/c1-3-12-7-11(8-13(16-12)17-15)14(19)18-6-4-5-10(2)9-18/h7-8,10H,3-6,9,15H2,1-2H3,(H,16,17). The first kappa shape index (κ1) is 13.8. The number of hydrogen-bond donors (Lipinski definition) is 2. The van der Waals surface area contributed by atoms with E-state index < -0.39 is 0 Å². The first-order chi connectivity index (χ1) is 9.13. The topological polar surface area (TPSA) is 71.2 Å². The molecule has 0 spiro atoms. The molecule has 0 aliphatic carbocycles. The Kier molecular flexibility index (Phi) is 4.37. The number of amides is 1. The van der Waals surface area contributed by atoms with Crippen molar-refractivity contribution in [2.24, 2.45) is 11.8 Å². The highest BCUT2D eigenvalue weighted by Gasteiger charge is 2.22. The zero-order valence-corrected chi connectivity index (χ0v) is 11.6. The van der Waals surface area contributed by atoms with Gasteiger partial charge < -0.3 is 10.3 Å². The number of piperidine rings is 1. The molecule has 0 saturated carbocycles. The van der Waals surface area contributed by atoms with Gasteiger partial charge in [0.25, 0.3) is 5.91 Å². The van der Waals surface area contributed by atoms with Crippen LogP contribution in [0.4, 0.5) is 5.82 Å². The van der Waals surface area contributed by atoms with Gasteiger partial charge in [0.05, 0.1) is 0 Å². The van der Waals surface area contributed by atoms with Crippen LogP contribution in [0.1, 0.15) is 42.7 Å². The number of nitrogens with one attached hydrogen (secondary N) is 1. The molecule has 0 radical (unpaired) electrons. The van der Waals surface area contributed by atoms with Crippen molar-refractivity contribution >= 4 is 11.7 Å². The molecule has 2 heterocycles. The summed E-state index contributed by atoms with van der Waals surface area (Å²) < 4.78 is 0. The molecule has 1 amide bonds. The third-order valence-corrected chi connectivity index (χ3v) is 3.58. The van der Waals surface area contributed by atoms with Crippen LogP contribution in [0.3, 0.4) is 0 Å². The van der Waals surface area contributed by atoms with Gasteiger partial charge in [-0.15, -0.1) is 0 Å². The minimum absolute atomic E-state index is 0.0835. The van der Waals surface area contributed by atoms with Crippen molar-refractivity contribution in [3.05, 3.63) is 23.4 Å². The second-order valence-corrected chi connectivity index (χ2v) is 5.23. The highest BCUT2D eigenvalue weighted by Crippen LogP contribution is 2.19. The number of rotatable bonds is 3. The van der Waals surface area contributed by atoms with E-state index in [0.717, 1.165) is 31.6 Å². The number of anilines is 1. The van der Waals surface area contributed by atoms with Gasteiger partial charge in [-0.25, -0.2) is 10.8 Å². The number of likely N-dealkylation sites (tertiary alicyclic amines) is 1. The fourth-order valence-corrected chi connectivity index (χ4v) is 2.52. The second-order valence-electron chi connectivity index (χ2n) is 5.23. The van der Waals surface area contributed by atoms with Gasteiger partial charge >= 0.3 is 0 Å². The van der Waals surface area contributed by atoms with Gasteiger partial charge in [-0.05, 0) is 37.3 Å². The Labute approximate surface area is 114 Å². The lowest BCUT2D eigenvalue weighted by molar-refractivity contribution is 0.0683. The van der Waals surface area contributed by atoms with Crippen LogP contribution in [-0.4, -0.2) is 28.9 Å². The number of nitrogens with two attached hydrogens (primary N) is 1. The van der Waals surface area contributed by atoms with Gasteiger partial charge in [0, 0.05) is 24.3 Å². The van der Waals surface area contributed by atoms with Crippen LogP contribution in [0.2, 0.25) is 0 Å². The van der Waals surface area contributed by atoms with Crippen molar-refractivity contribution in [3.8, 4) is 0 Å². The molecule has 1 aliphatic rings. The highest BCUT2D eigenvalue weighted by atomic mass is 16.2. The lowest BCUT2D eigenvalue weighted by Crippen LogP contribution is -2.39. The number of carbonyl (C=O) groups excluding carboxylic acids is 1. The highest BCUT2D eigenvalue weighted by molar-refractivity contribution is 5.95. The van der Waals surface area contributed by atoms with Crippen molar-refractivity contribution in [2.75, 3.05) is 18.5 Å². The van der Waals surface area contributed by atoms with Gasteiger partial charge in [0.15, 0.2) is 0 Å². The molecule has 1 atom stereocenters. The van der Waals surface area contributed by atoms with Gasteiger partial charge in [-0.2, -0.15) is 0 Å². The molecule has 104 valence electrons. The summed E-state index contributed by atoms with van der Waals surface area (Å²) in [5.41, 5.74) is 4.08. The van der Waals surface area contributed by atoms with Gasteiger partial charge in [-0.1, -0.05) is 13.8 Å². The van der Waals surface area contributed by atoms with Crippen molar-refractivity contribution in [1.82, 2.24) is 9.88 Å². The molecule has 3 N–H and O–H groups in total. The summed E-state index contributed by atoms with van der Waals surface area (Å²) in [7, 11) is 0. The van der Waals surface area contributed by atoms with Crippen LogP contribution in [0.25, 0.3) is 0 Å². The van der Waals surface area contributed by atoms with Crippen LogP contribution < -0.4 is 11.3 Å². The predicted molar refractivity (Wildman–Crippen MR) is 75.7 cm³/mol. The number of aromatic nitrogens is 1. The first-order valence-corrected chi connectivity index (χ1v) is 6.91. The van der Waals surface area contributed by atoms with E-state index in [9.17, 15) is 4.79 Å². The van der Waals surface area contributed by atoms with Crippen LogP contribution in [-0.2, 0) is 6.42 Å². The third kappa shape index (κ3) is 3.23. The van der Waals surface area contributed by atoms with Crippen molar-refractivity contribution < 1.29 is 4.79 Å². The Morgan fingerprint density at radius 2 is 2.37 bits per heavy atom. The Hall–Kier alpha value is -1.62. The Balaban J connectivity index is 2.22. The van der Waals surface area contributed by atoms with Crippen molar-refractivity contribution in [1.29, 1.82) is 0 Å². The van der Waals surface area contributed by atoms with Gasteiger partial charge in [-0.3, -0.25) is 4.79 Å². The maximum Gasteiger partial charge on any atom is 0.254 e. The van der Waals surface area contributed by atoms with Crippen LogP contribution in [0.5, 0.6) is 0 Å². The number of nitrogen functional groups attached to an aromatic ring is 1. The molecular weight excluding hydrogens is 240 g/mol. The second kappa shape index (κ2) is 6.02. The maximum absolute atomic E-state index is 12.5. The van der Waals surface area contributed by atoms with Gasteiger partial charge in [0.2, 0.25) is 0 Å². The molecule has 1 saturated heterocycles. The van der Waals surface area contributed by atoms with E-state index in [4.69, 9.17) is 5.84 Å². The number of hydrazine groups is 1. The summed E-state index contributed by atoms with van der Waals surface area (Å²) in [5, 5.41) is 0. The Morgan fingerprint density at radius 3 is 3.00 bits per heavy atom. The summed E-state index contributed by atoms with van der Waals surface area (Å²) in [6.45, 7) is 5.89.